The average Bonchev–Trinajstić information content (AvgIpc) is 2.45. The van der Waals surface area contributed by atoms with Crippen molar-refractivity contribution in [2.75, 3.05) is 6.54 Å². The Hall–Kier alpha value is -1.91. The zero-order valence-corrected chi connectivity index (χ0v) is 12.3. The van der Waals surface area contributed by atoms with Crippen LogP contribution < -0.4 is 5.32 Å². The van der Waals surface area contributed by atoms with Crippen molar-refractivity contribution in [2.24, 2.45) is 0 Å². The molecule has 20 heavy (non-hydrogen) atoms. The highest BCUT2D eigenvalue weighted by molar-refractivity contribution is 5.97. The van der Waals surface area contributed by atoms with Crippen molar-refractivity contribution in [3.8, 4) is 0 Å². The van der Waals surface area contributed by atoms with Gasteiger partial charge in [-0.2, -0.15) is 0 Å². The van der Waals surface area contributed by atoms with Crippen LogP contribution in [0, 0.1) is 6.92 Å². The monoisotopic (exact) mass is 275 g/mol. The standard InChI is InChI=1S/C15H21N3O2/c1-4-15(5-2)14(20)18(10-13(19)17-15)9-12-8-16-7-6-11(12)3/h6-8H,4-5,9-10H2,1-3H3,(H,17,19). The summed E-state index contributed by atoms with van der Waals surface area (Å²) in [4.78, 5) is 30.3. The van der Waals surface area contributed by atoms with Gasteiger partial charge in [0.05, 0.1) is 6.54 Å². The lowest BCUT2D eigenvalue weighted by Crippen LogP contribution is -2.65. The predicted molar refractivity (Wildman–Crippen MR) is 75.8 cm³/mol. The van der Waals surface area contributed by atoms with Crippen LogP contribution in [0.4, 0.5) is 0 Å². The van der Waals surface area contributed by atoms with Gasteiger partial charge in [0.15, 0.2) is 0 Å². The van der Waals surface area contributed by atoms with Crippen molar-refractivity contribution < 1.29 is 9.59 Å². The molecule has 0 radical (unpaired) electrons. The van der Waals surface area contributed by atoms with Crippen LogP contribution in [-0.2, 0) is 16.1 Å². The highest BCUT2D eigenvalue weighted by Gasteiger charge is 2.43. The highest BCUT2D eigenvalue weighted by Crippen LogP contribution is 2.23. The van der Waals surface area contributed by atoms with Gasteiger partial charge in [-0.15, -0.1) is 0 Å². The molecule has 2 rings (SSSR count). The fourth-order valence-electron chi connectivity index (χ4n) is 2.63. The molecule has 1 fully saturated rings. The Labute approximate surface area is 119 Å². The summed E-state index contributed by atoms with van der Waals surface area (Å²) in [6, 6.07) is 1.91. The molecule has 0 saturated carbocycles. The van der Waals surface area contributed by atoms with Gasteiger partial charge in [-0.1, -0.05) is 13.8 Å². The molecule has 1 saturated heterocycles. The highest BCUT2D eigenvalue weighted by atomic mass is 16.2. The number of pyridine rings is 1. The van der Waals surface area contributed by atoms with Crippen LogP contribution >= 0.6 is 0 Å². The Kier molecular flexibility index (Phi) is 4.06. The van der Waals surface area contributed by atoms with Crippen molar-refractivity contribution in [3.05, 3.63) is 29.6 Å². The van der Waals surface area contributed by atoms with Crippen LogP contribution in [0.15, 0.2) is 18.5 Å². The molecule has 1 aromatic rings. The number of hydrogen-bond donors (Lipinski definition) is 1. The number of nitrogens with zero attached hydrogens (tertiary/aromatic N) is 2. The third-order valence-electron chi connectivity index (χ3n) is 4.13. The Balaban J connectivity index is 2.25. The molecule has 1 aromatic heterocycles. The number of carbonyl (C=O) groups is 2. The number of nitrogens with one attached hydrogen (secondary N) is 1. The molecular formula is C15H21N3O2. The van der Waals surface area contributed by atoms with E-state index in [1.807, 2.05) is 26.8 Å². The van der Waals surface area contributed by atoms with Gasteiger partial charge in [-0.05, 0) is 37.0 Å². The van der Waals surface area contributed by atoms with E-state index in [1.165, 1.54) is 0 Å². The largest absolute Gasteiger partial charge is 0.340 e. The normalized spacial score (nSPS) is 18.1. The van der Waals surface area contributed by atoms with Crippen molar-refractivity contribution in [1.29, 1.82) is 0 Å². The zero-order chi connectivity index (χ0) is 14.8. The number of hydrogen-bond acceptors (Lipinski definition) is 3. The molecule has 0 atom stereocenters. The summed E-state index contributed by atoms with van der Waals surface area (Å²) in [6.45, 7) is 6.40. The number of aromatic nitrogens is 1. The first kappa shape index (κ1) is 14.5. The van der Waals surface area contributed by atoms with E-state index in [4.69, 9.17) is 0 Å². The second-order valence-electron chi connectivity index (χ2n) is 5.30. The number of rotatable bonds is 4. The third-order valence-corrected chi connectivity index (χ3v) is 4.13. The van der Waals surface area contributed by atoms with Gasteiger partial charge in [0, 0.05) is 18.9 Å². The molecule has 0 aromatic carbocycles. The number of piperazine rings is 1. The molecule has 2 amide bonds. The van der Waals surface area contributed by atoms with Crippen molar-refractivity contribution in [3.63, 3.8) is 0 Å². The van der Waals surface area contributed by atoms with Gasteiger partial charge in [-0.3, -0.25) is 14.6 Å². The van der Waals surface area contributed by atoms with Crippen LogP contribution in [0.5, 0.6) is 0 Å². The minimum absolute atomic E-state index is 0.00496. The Morgan fingerprint density at radius 3 is 2.65 bits per heavy atom. The van der Waals surface area contributed by atoms with E-state index in [0.717, 1.165) is 11.1 Å². The molecule has 1 aliphatic heterocycles. The molecule has 0 unspecified atom stereocenters. The molecule has 2 heterocycles. The minimum atomic E-state index is -0.745. The van der Waals surface area contributed by atoms with Crippen molar-refractivity contribution >= 4 is 11.8 Å². The van der Waals surface area contributed by atoms with E-state index in [2.05, 4.69) is 10.3 Å². The molecular weight excluding hydrogens is 254 g/mol. The van der Waals surface area contributed by atoms with E-state index >= 15 is 0 Å². The Morgan fingerprint density at radius 1 is 1.35 bits per heavy atom. The minimum Gasteiger partial charge on any atom is -0.340 e. The molecule has 5 nitrogen and oxygen atoms in total. The molecule has 1 N–H and O–H groups in total. The second-order valence-corrected chi connectivity index (χ2v) is 5.30. The summed E-state index contributed by atoms with van der Waals surface area (Å²) in [6.07, 6.45) is 4.70. The first-order valence-corrected chi connectivity index (χ1v) is 7.02. The fraction of sp³-hybridized carbons (Fsp3) is 0.533. The van der Waals surface area contributed by atoms with E-state index in [-0.39, 0.29) is 18.4 Å². The molecule has 0 bridgehead atoms. The van der Waals surface area contributed by atoms with Gasteiger partial charge in [0.1, 0.15) is 5.54 Å². The van der Waals surface area contributed by atoms with Crippen LogP contribution in [0.1, 0.15) is 37.8 Å². The fourth-order valence-corrected chi connectivity index (χ4v) is 2.63. The molecule has 108 valence electrons. The third kappa shape index (κ3) is 2.53. The first-order valence-electron chi connectivity index (χ1n) is 7.02. The lowest BCUT2D eigenvalue weighted by Gasteiger charge is -2.41. The summed E-state index contributed by atoms with van der Waals surface area (Å²) in [5.74, 6) is -0.0832. The number of aryl methyl sites for hydroxylation is 1. The zero-order valence-electron chi connectivity index (χ0n) is 12.3. The van der Waals surface area contributed by atoms with Gasteiger partial charge >= 0.3 is 0 Å². The Bertz CT molecular complexity index is 524. The predicted octanol–water partition coefficient (Wildman–Crippen LogP) is 1.41. The molecule has 0 spiro atoms. The van der Waals surface area contributed by atoms with Crippen molar-refractivity contribution in [1.82, 2.24) is 15.2 Å². The van der Waals surface area contributed by atoms with E-state index in [0.29, 0.717) is 19.4 Å². The maximum atomic E-state index is 12.7. The molecule has 1 aliphatic rings. The lowest BCUT2D eigenvalue weighted by atomic mass is 9.88. The van der Waals surface area contributed by atoms with Gasteiger partial charge < -0.3 is 10.2 Å². The van der Waals surface area contributed by atoms with Crippen LogP contribution in [0.2, 0.25) is 0 Å². The van der Waals surface area contributed by atoms with E-state index in [9.17, 15) is 9.59 Å². The summed E-state index contributed by atoms with van der Waals surface area (Å²) < 4.78 is 0. The summed E-state index contributed by atoms with van der Waals surface area (Å²) in [7, 11) is 0. The quantitative estimate of drug-likeness (QED) is 0.903. The topological polar surface area (TPSA) is 62.3 Å². The Morgan fingerprint density at radius 2 is 2.05 bits per heavy atom. The van der Waals surface area contributed by atoms with Gasteiger partial charge in [0.2, 0.25) is 11.8 Å². The summed E-state index contributed by atoms with van der Waals surface area (Å²) in [5.41, 5.74) is 1.32. The first-order chi connectivity index (χ1) is 9.52. The van der Waals surface area contributed by atoms with Gasteiger partial charge in [-0.25, -0.2) is 0 Å². The van der Waals surface area contributed by atoms with Crippen molar-refractivity contribution in [2.45, 2.75) is 45.7 Å². The second kappa shape index (κ2) is 5.61. The van der Waals surface area contributed by atoms with E-state index < -0.39 is 5.54 Å². The average molecular weight is 275 g/mol. The lowest BCUT2D eigenvalue weighted by molar-refractivity contribution is -0.151. The number of amides is 2. The molecule has 5 heteroatoms. The molecule has 0 aliphatic carbocycles. The SMILES string of the molecule is CCC1(CC)NC(=O)CN(Cc2cnccc2C)C1=O. The summed E-state index contributed by atoms with van der Waals surface area (Å²) in [5, 5.41) is 2.86. The maximum absolute atomic E-state index is 12.7. The maximum Gasteiger partial charge on any atom is 0.249 e. The van der Waals surface area contributed by atoms with Crippen LogP contribution in [0.3, 0.4) is 0 Å². The van der Waals surface area contributed by atoms with Crippen LogP contribution in [0.25, 0.3) is 0 Å². The smallest absolute Gasteiger partial charge is 0.249 e. The number of carbonyl (C=O) groups excluding carboxylic acids is 2. The van der Waals surface area contributed by atoms with E-state index in [1.54, 1.807) is 17.3 Å². The summed E-state index contributed by atoms with van der Waals surface area (Å²) >= 11 is 0. The van der Waals surface area contributed by atoms with Gasteiger partial charge in [0.25, 0.3) is 0 Å². The van der Waals surface area contributed by atoms with Crippen LogP contribution in [-0.4, -0.2) is 33.8 Å².